The summed E-state index contributed by atoms with van der Waals surface area (Å²) < 4.78 is 2.33. The summed E-state index contributed by atoms with van der Waals surface area (Å²) in [5.41, 5.74) is 18.1. The molecule has 0 aliphatic heterocycles. The Hall–Kier alpha value is -8.33. The summed E-state index contributed by atoms with van der Waals surface area (Å²) in [5, 5.41) is 2.41. The third kappa shape index (κ3) is 7.04. The Kier molecular flexibility index (Phi) is 9.93. The van der Waals surface area contributed by atoms with Crippen LogP contribution in [0.5, 0.6) is 0 Å². The molecule has 0 saturated heterocycles. The summed E-state index contributed by atoms with van der Waals surface area (Å²) in [7, 11) is 0. The van der Waals surface area contributed by atoms with E-state index in [0.29, 0.717) is 0 Å². The van der Waals surface area contributed by atoms with Crippen LogP contribution in [0.3, 0.4) is 0 Å². The predicted octanol–water partition coefficient (Wildman–Crippen LogP) is 16.4. The molecule has 0 spiro atoms. The first-order valence-corrected chi connectivity index (χ1v) is 21.6. The van der Waals surface area contributed by atoms with Gasteiger partial charge in [-0.05, 0) is 90.7 Å². The van der Waals surface area contributed by atoms with Crippen LogP contribution in [0.15, 0.2) is 255 Å². The summed E-state index contributed by atoms with van der Waals surface area (Å²) in [6.07, 6.45) is 0. The number of hydrogen-bond donors (Lipinski definition) is 0. The van der Waals surface area contributed by atoms with Crippen LogP contribution in [0.2, 0.25) is 0 Å². The quantitative estimate of drug-likeness (QED) is 0.142. The molecule has 0 amide bonds. The molecule has 11 aromatic rings. The molecule has 0 bridgehead atoms. The molecule has 296 valence electrons. The summed E-state index contributed by atoms with van der Waals surface area (Å²) in [5.74, 6) is 0.886. The van der Waals surface area contributed by atoms with Crippen molar-refractivity contribution in [3.63, 3.8) is 0 Å². The van der Waals surface area contributed by atoms with Gasteiger partial charge in [-0.1, -0.05) is 231 Å². The van der Waals surface area contributed by atoms with Crippen molar-refractivity contribution in [1.82, 2.24) is 9.55 Å². The number of aromatic nitrogens is 2. The van der Waals surface area contributed by atoms with E-state index in [2.05, 4.69) is 259 Å². The van der Waals surface area contributed by atoms with Crippen LogP contribution < -0.4 is 0 Å². The molecule has 11 rings (SSSR count). The van der Waals surface area contributed by atoms with Crippen LogP contribution >= 0.6 is 0 Å². The van der Waals surface area contributed by atoms with Crippen molar-refractivity contribution in [1.29, 1.82) is 0 Å². The maximum absolute atomic E-state index is 5.53. The number of rotatable bonds is 9. The molecular formula is C61H42N2. The van der Waals surface area contributed by atoms with Crippen LogP contribution in [0.25, 0.3) is 106 Å². The number of benzene rings is 10. The molecule has 0 unspecified atom stereocenters. The molecule has 1 heterocycles. The normalized spacial score (nSPS) is 11.2. The fourth-order valence-corrected chi connectivity index (χ4v) is 9.20. The first-order valence-electron chi connectivity index (χ1n) is 21.6. The number of fused-ring (bicyclic) bond motifs is 1. The van der Waals surface area contributed by atoms with Gasteiger partial charge in [-0.15, -0.1) is 0 Å². The molecule has 0 N–H and O–H groups in total. The Morgan fingerprint density at radius 3 is 1.14 bits per heavy atom. The monoisotopic (exact) mass is 802 g/mol. The van der Waals surface area contributed by atoms with E-state index in [4.69, 9.17) is 4.98 Å². The van der Waals surface area contributed by atoms with Gasteiger partial charge >= 0.3 is 0 Å². The van der Waals surface area contributed by atoms with E-state index in [-0.39, 0.29) is 0 Å². The van der Waals surface area contributed by atoms with E-state index in [0.717, 1.165) is 50.7 Å². The van der Waals surface area contributed by atoms with Gasteiger partial charge in [0.15, 0.2) is 0 Å². The minimum Gasteiger partial charge on any atom is -0.292 e. The largest absolute Gasteiger partial charge is 0.292 e. The highest BCUT2D eigenvalue weighted by Crippen LogP contribution is 2.51. The average molecular weight is 803 g/mol. The van der Waals surface area contributed by atoms with E-state index in [1.54, 1.807) is 0 Å². The lowest BCUT2D eigenvalue weighted by Gasteiger charge is -2.24. The number of hydrogen-bond acceptors (Lipinski definition) is 1. The van der Waals surface area contributed by atoms with Crippen LogP contribution in [-0.2, 0) is 0 Å². The van der Waals surface area contributed by atoms with Crippen molar-refractivity contribution in [2.75, 3.05) is 0 Å². The van der Waals surface area contributed by atoms with Crippen molar-refractivity contribution in [3.05, 3.63) is 255 Å². The van der Waals surface area contributed by atoms with Crippen LogP contribution in [-0.4, -0.2) is 9.55 Å². The molecule has 63 heavy (non-hydrogen) atoms. The molecule has 2 heteroatoms. The zero-order chi connectivity index (χ0) is 42.0. The second-order valence-electron chi connectivity index (χ2n) is 15.8. The Labute approximate surface area is 368 Å². The topological polar surface area (TPSA) is 17.8 Å². The van der Waals surface area contributed by atoms with E-state index < -0.39 is 0 Å². The van der Waals surface area contributed by atoms with Gasteiger partial charge in [-0.2, -0.15) is 0 Å². The molecular weight excluding hydrogens is 761 g/mol. The van der Waals surface area contributed by atoms with Gasteiger partial charge in [0.05, 0.1) is 11.4 Å². The average Bonchev–Trinajstić information content (AvgIpc) is 3.78. The van der Waals surface area contributed by atoms with Crippen LogP contribution in [0.1, 0.15) is 0 Å². The van der Waals surface area contributed by atoms with E-state index in [1.807, 2.05) is 0 Å². The minimum atomic E-state index is 0.886. The van der Waals surface area contributed by atoms with Gasteiger partial charge in [-0.25, -0.2) is 4.98 Å². The lowest BCUT2D eigenvalue weighted by molar-refractivity contribution is 1.07. The van der Waals surface area contributed by atoms with Gasteiger partial charge in [-0.3, -0.25) is 4.57 Å². The SMILES string of the molecule is c1ccc(-c2nc(-c3cccc(-c4ccc5c(-c6ccccc6)c(-c6ccccc6)c(-c6ccccc6)c(-c6ccccc6)c5c4)c3)n(-c3ccccc3)c2-c2ccccc2)cc1. The maximum Gasteiger partial charge on any atom is 0.145 e. The van der Waals surface area contributed by atoms with E-state index in [9.17, 15) is 0 Å². The second kappa shape index (κ2) is 16.6. The summed E-state index contributed by atoms with van der Waals surface area (Å²) in [6, 6.07) is 91.4. The van der Waals surface area contributed by atoms with Crippen LogP contribution in [0.4, 0.5) is 0 Å². The third-order valence-electron chi connectivity index (χ3n) is 12.0. The Balaban J connectivity index is 1.19. The molecule has 0 atom stereocenters. The third-order valence-corrected chi connectivity index (χ3v) is 12.0. The van der Waals surface area contributed by atoms with Crippen molar-refractivity contribution < 1.29 is 0 Å². The number of nitrogens with zero attached hydrogens (tertiary/aromatic N) is 2. The fraction of sp³-hybridized carbons (Fsp3) is 0. The fourth-order valence-electron chi connectivity index (χ4n) is 9.20. The number of imidazole rings is 1. The van der Waals surface area contributed by atoms with Crippen molar-refractivity contribution in [2.24, 2.45) is 0 Å². The molecule has 1 aromatic heterocycles. The van der Waals surface area contributed by atoms with Gasteiger partial charge in [0.25, 0.3) is 0 Å². The van der Waals surface area contributed by atoms with Gasteiger partial charge in [0, 0.05) is 22.4 Å². The van der Waals surface area contributed by atoms with Crippen LogP contribution in [0, 0.1) is 0 Å². The Morgan fingerprint density at radius 1 is 0.254 bits per heavy atom. The second-order valence-corrected chi connectivity index (χ2v) is 15.8. The van der Waals surface area contributed by atoms with E-state index in [1.165, 1.54) is 55.3 Å². The van der Waals surface area contributed by atoms with Gasteiger partial charge in [0.1, 0.15) is 5.82 Å². The Bertz CT molecular complexity index is 3320. The molecule has 2 nitrogen and oxygen atoms in total. The van der Waals surface area contributed by atoms with Crippen molar-refractivity contribution >= 4 is 10.8 Å². The molecule has 0 radical (unpaired) electrons. The highest BCUT2D eigenvalue weighted by molar-refractivity contribution is 6.18. The predicted molar refractivity (Wildman–Crippen MR) is 265 cm³/mol. The summed E-state index contributed by atoms with van der Waals surface area (Å²) in [4.78, 5) is 5.53. The van der Waals surface area contributed by atoms with E-state index >= 15 is 0 Å². The molecule has 0 saturated carbocycles. The zero-order valence-corrected chi connectivity index (χ0v) is 34.6. The lowest BCUT2D eigenvalue weighted by atomic mass is 9.78. The standard InChI is InChI=1S/C61H42N2/c1-8-23-43(24-9-1)55-53-40-39-50(42-54(53)56(44-25-10-2-11-26-44)58(46-29-14-4-15-30-46)57(55)45-27-12-3-13-28-45)49-35-22-36-51(41-49)61-62-59(47-31-16-5-17-32-47)60(48-33-18-6-19-34-48)63(61)52-37-20-7-21-38-52/h1-42H. The first-order chi connectivity index (χ1) is 31.3. The Morgan fingerprint density at radius 2 is 0.635 bits per heavy atom. The lowest BCUT2D eigenvalue weighted by Crippen LogP contribution is -2.00. The number of para-hydroxylation sites is 1. The van der Waals surface area contributed by atoms with Gasteiger partial charge < -0.3 is 0 Å². The molecule has 0 aliphatic carbocycles. The molecule has 0 aliphatic rings. The highest BCUT2D eigenvalue weighted by Gasteiger charge is 2.26. The summed E-state index contributed by atoms with van der Waals surface area (Å²) >= 11 is 0. The van der Waals surface area contributed by atoms with Crippen molar-refractivity contribution in [2.45, 2.75) is 0 Å². The molecule has 10 aromatic carbocycles. The minimum absolute atomic E-state index is 0.886. The highest BCUT2D eigenvalue weighted by atomic mass is 15.1. The molecule has 0 fully saturated rings. The van der Waals surface area contributed by atoms with Gasteiger partial charge in [0.2, 0.25) is 0 Å². The maximum atomic E-state index is 5.53. The smallest absolute Gasteiger partial charge is 0.145 e. The summed E-state index contributed by atoms with van der Waals surface area (Å²) in [6.45, 7) is 0. The first kappa shape index (κ1) is 37.7. The van der Waals surface area contributed by atoms with Crippen molar-refractivity contribution in [3.8, 4) is 95.2 Å². The zero-order valence-electron chi connectivity index (χ0n) is 34.6.